The van der Waals surface area contributed by atoms with Gasteiger partial charge in [-0.3, -0.25) is 0 Å². The highest BCUT2D eigenvalue weighted by Gasteiger charge is 2.28. The Hall–Kier alpha value is -4.16. The van der Waals surface area contributed by atoms with Gasteiger partial charge in [-0.25, -0.2) is 9.78 Å². The molecule has 2 aliphatic rings. The second-order valence-corrected chi connectivity index (χ2v) is 13.9. The van der Waals surface area contributed by atoms with Crippen LogP contribution >= 0.6 is 0 Å². The highest BCUT2D eigenvalue weighted by molar-refractivity contribution is 6.00. The fraction of sp³-hybridized carbons (Fsp3) is 0.442. The van der Waals surface area contributed by atoms with Gasteiger partial charge in [0.25, 0.3) is 0 Å². The first-order valence-corrected chi connectivity index (χ1v) is 18.6. The molecule has 1 aliphatic carbocycles. The average Bonchev–Trinajstić information content (AvgIpc) is 3.46. The standard InChI is InChI=1S/C35H36N2O3.C8H17N/c1-4-20-37-32-21-25(35(38)39)12-15-29(32)33(24-8-6-5-7-9-24)34(37)28-17-19-31-27(22(28)2)16-18-30(36-31)23-10-13-26(40-3)14-11-23;1-2-6-9-7-4-3-5-8-9/h10-19,21,24H,4-9,20H2,1-3H3,(H,38,39);2-8H2,1H3. The molecule has 0 bridgehead atoms. The number of nitrogens with zero attached hydrogens (tertiary/aromatic N) is 3. The van der Waals surface area contributed by atoms with E-state index in [-0.39, 0.29) is 0 Å². The van der Waals surface area contributed by atoms with E-state index in [1.54, 1.807) is 13.2 Å². The second-order valence-electron chi connectivity index (χ2n) is 13.9. The van der Waals surface area contributed by atoms with Gasteiger partial charge in [-0.1, -0.05) is 57.7 Å². The van der Waals surface area contributed by atoms with Crippen molar-refractivity contribution in [1.29, 1.82) is 0 Å². The minimum Gasteiger partial charge on any atom is -0.497 e. The van der Waals surface area contributed by atoms with E-state index in [0.29, 0.717) is 11.5 Å². The lowest BCUT2D eigenvalue weighted by Crippen LogP contribution is -2.30. The number of methoxy groups -OCH3 is 1. The van der Waals surface area contributed by atoms with E-state index in [9.17, 15) is 9.90 Å². The van der Waals surface area contributed by atoms with Crippen LogP contribution in [0.2, 0.25) is 0 Å². The molecule has 6 nitrogen and oxygen atoms in total. The molecule has 0 unspecified atom stereocenters. The first kappa shape index (κ1) is 34.7. The Morgan fingerprint density at radius 3 is 2.20 bits per heavy atom. The molecule has 3 aromatic carbocycles. The summed E-state index contributed by atoms with van der Waals surface area (Å²) in [4.78, 5) is 19.5. The number of rotatable bonds is 9. The number of pyridine rings is 1. The maximum absolute atomic E-state index is 11.9. The van der Waals surface area contributed by atoms with Gasteiger partial charge in [-0.2, -0.15) is 0 Å². The molecule has 0 radical (unpaired) electrons. The Balaban J connectivity index is 0.000000403. The summed E-state index contributed by atoms with van der Waals surface area (Å²) in [6.07, 6.45) is 12.7. The third-order valence-electron chi connectivity index (χ3n) is 10.6. The lowest BCUT2D eigenvalue weighted by Gasteiger charge is -2.25. The number of carboxylic acid groups (broad SMARTS) is 1. The first-order valence-electron chi connectivity index (χ1n) is 18.6. The molecule has 3 heterocycles. The minimum absolute atomic E-state index is 0.342. The highest BCUT2D eigenvalue weighted by Crippen LogP contribution is 2.46. The van der Waals surface area contributed by atoms with Crippen LogP contribution in [0.4, 0.5) is 0 Å². The molecule has 1 saturated carbocycles. The zero-order valence-corrected chi connectivity index (χ0v) is 29.9. The number of aromatic carboxylic acids is 1. The molecule has 2 aromatic heterocycles. The summed E-state index contributed by atoms with van der Waals surface area (Å²) in [7, 11) is 1.67. The second kappa shape index (κ2) is 16.0. The van der Waals surface area contributed by atoms with E-state index in [1.165, 1.54) is 105 Å². The van der Waals surface area contributed by atoms with Gasteiger partial charge in [-0.05, 0) is 131 Å². The maximum Gasteiger partial charge on any atom is 0.335 e. The molecule has 1 aliphatic heterocycles. The van der Waals surface area contributed by atoms with Gasteiger partial charge < -0.3 is 19.3 Å². The Kier molecular flexibility index (Phi) is 11.4. The van der Waals surface area contributed by atoms with Crippen molar-refractivity contribution in [2.24, 2.45) is 0 Å². The van der Waals surface area contributed by atoms with Crippen molar-refractivity contribution in [3.8, 4) is 28.3 Å². The van der Waals surface area contributed by atoms with E-state index in [4.69, 9.17) is 9.72 Å². The number of ether oxygens (including phenoxy) is 1. The predicted molar refractivity (Wildman–Crippen MR) is 203 cm³/mol. The number of piperidine rings is 1. The molecule has 1 N–H and O–H groups in total. The number of hydrogen-bond donors (Lipinski definition) is 1. The number of fused-ring (bicyclic) bond motifs is 2. The van der Waals surface area contributed by atoms with Crippen LogP contribution in [0.25, 0.3) is 44.3 Å². The Labute approximate surface area is 292 Å². The number of hydrogen-bond acceptors (Lipinski definition) is 4. The smallest absolute Gasteiger partial charge is 0.335 e. The fourth-order valence-corrected chi connectivity index (χ4v) is 8.09. The van der Waals surface area contributed by atoms with Crippen molar-refractivity contribution >= 4 is 27.8 Å². The molecular formula is C43H53N3O3. The molecule has 258 valence electrons. The fourth-order valence-electron chi connectivity index (χ4n) is 8.09. The summed E-state index contributed by atoms with van der Waals surface area (Å²) in [5.74, 6) is 0.426. The van der Waals surface area contributed by atoms with Crippen LogP contribution in [-0.4, -0.2) is 52.3 Å². The highest BCUT2D eigenvalue weighted by atomic mass is 16.5. The molecule has 2 fully saturated rings. The largest absolute Gasteiger partial charge is 0.497 e. The number of likely N-dealkylation sites (tertiary alicyclic amines) is 1. The maximum atomic E-state index is 11.9. The normalized spacial score (nSPS) is 15.7. The van der Waals surface area contributed by atoms with Gasteiger partial charge in [0.15, 0.2) is 0 Å². The monoisotopic (exact) mass is 659 g/mol. The van der Waals surface area contributed by atoms with Crippen LogP contribution in [-0.2, 0) is 6.54 Å². The van der Waals surface area contributed by atoms with E-state index >= 15 is 0 Å². The number of aryl methyl sites for hydroxylation is 2. The Morgan fingerprint density at radius 1 is 0.837 bits per heavy atom. The van der Waals surface area contributed by atoms with Crippen molar-refractivity contribution in [1.82, 2.24) is 14.5 Å². The van der Waals surface area contributed by atoms with Crippen molar-refractivity contribution in [3.05, 3.63) is 83.4 Å². The topological polar surface area (TPSA) is 67.6 Å². The molecule has 6 heteroatoms. The SMILES string of the molecule is CCCN1CCCCC1.CCCn1c(-c2ccc3nc(-c4ccc(OC)cc4)ccc3c2C)c(C2CCCCC2)c2ccc(C(=O)O)cc21. The predicted octanol–water partition coefficient (Wildman–Crippen LogP) is 10.9. The van der Waals surface area contributed by atoms with E-state index < -0.39 is 5.97 Å². The quantitative estimate of drug-likeness (QED) is 0.171. The molecule has 0 atom stereocenters. The number of benzene rings is 3. The van der Waals surface area contributed by atoms with Gasteiger partial charge in [0.05, 0.1) is 29.6 Å². The zero-order chi connectivity index (χ0) is 34.3. The Morgan fingerprint density at radius 2 is 1.53 bits per heavy atom. The molecule has 0 amide bonds. The molecule has 5 aromatic rings. The van der Waals surface area contributed by atoms with Crippen LogP contribution in [0.15, 0.2) is 66.7 Å². The van der Waals surface area contributed by atoms with Gasteiger partial charge in [0.1, 0.15) is 5.75 Å². The van der Waals surface area contributed by atoms with E-state index in [1.807, 2.05) is 30.3 Å². The number of aromatic nitrogens is 2. The van der Waals surface area contributed by atoms with Crippen molar-refractivity contribution in [2.75, 3.05) is 26.7 Å². The van der Waals surface area contributed by atoms with Crippen LogP contribution in [0, 0.1) is 6.92 Å². The summed E-state index contributed by atoms with van der Waals surface area (Å²) in [5.41, 5.74) is 9.41. The van der Waals surface area contributed by atoms with Crippen molar-refractivity contribution < 1.29 is 14.6 Å². The van der Waals surface area contributed by atoms with Crippen molar-refractivity contribution in [3.63, 3.8) is 0 Å². The molecular weight excluding hydrogens is 606 g/mol. The zero-order valence-electron chi connectivity index (χ0n) is 29.9. The van der Waals surface area contributed by atoms with Crippen LogP contribution in [0.5, 0.6) is 5.75 Å². The van der Waals surface area contributed by atoms with E-state index in [2.05, 4.69) is 60.6 Å². The number of carbonyl (C=O) groups is 1. The summed E-state index contributed by atoms with van der Waals surface area (Å²) in [6.45, 7) is 11.5. The third kappa shape index (κ3) is 7.55. The number of carboxylic acids is 1. The molecule has 0 spiro atoms. The lowest BCUT2D eigenvalue weighted by molar-refractivity contribution is 0.0697. The van der Waals surface area contributed by atoms with Gasteiger partial charge in [-0.15, -0.1) is 0 Å². The lowest BCUT2D eigenvalue weighted by atomic mass is 9.81. The van der Waals surface area contributed by atoms with Gasteiger partial charge in [0, 0.05) is 34.0 Å². The Bertz CT molecular complexity index is 1880. The van der Waals surface area contributed by atoms with Crippen LogP contribution in [0.1, 0.15) is 105 Å². The van der Waals surface area contributed by atoms with Gasteiger partial charge >= 0.3 is 5.97 Å². The third-order valence-corrected chi connectivity index (χ3v) is 10.6. The summed E-state index contributed by atoms with van der Waals surface area (Å²) < 4.78 is 7.70. The molecule has 49 heavy (non-hydrogen) atoms. The van der Waals surface area contributed by atoms with E-state index in [0.717, 1.165) is 46.4 Å². The molecule has 7 rings (SSSR count). The summed E-state index contributed by atoms with van der Waals surface area (Å²) >= 11 is 0. The van der Waals surface area contributed by atoms with Crippen LogP contribution in [0.3, 0.4) is 0 Å². The first-order chi connectivity index (χ1) is 23.9. The summed E-state index contributed by atoms with van der Waals surface area (Å²) in [5, 5.41) is 12.1. The van der Waals surface area contributed by atoms with Crippen LogP contribution < -0.4 is 4.74 Å². The molecule has 1 saturated heterocycles. The summed E-state index contributed by atoms with van der Waals surface area (Å²) in [6, 6.07) is 22.4. The van der Waals surface area contributed by atoms with Gasteiger partial charge in [0.2, 0.25) is 0 Å². The minimum atomic E-state index is -0.882. The average molecular weight is 660 g/mol. The van der Waals surface area contributed by atoms with Crippen molar-refractivity contribution in [2.45, 2.75) is 97.4 Å².